The Morgan fingerprint density at radius 2 is 1.96 bits per heavy atom. The summed E-state index contributed by atoms with van der Waals surface area (Å²) in [6.07, 6.45) is 0. The van der Waals surface area contributed by atoms with Gasteiger partial charge in [-0.25, -0.2) is 4.98 Å². The van der Waals surface area contributed by atoms with Crippen LogP contribution in [0.4, 0.5) is 5.69 Å². The van der Waals surface area contributed by atoms with Crippen molar-refractivity contribution in [3.05, 3.63) is 53.0 Å². The number of nitrogens with zero attached hydrogens (tertiary/aromatic N) is 1. The molecule has 0 saturated heterocycles. The number of Topliss-reactive ketones (excluding diaryl/α,β-unsaturated/α-hetero) is 1. The van der Waals surface area contributed by atoms with Crippen molar-refractivity contribution in [1.29, 1.82) is 0 Å². The predicted octanol–water partition coefficient (Wildman–Crippen LogP) is 4.04. The van der Waals surface area contributed by atoms with E-state index in [4.69, 9.17) is 4.74 Å². The smallest absolute Gasteiger partial charge is 0.221 e. The fraction of sp³-hybridized carbons (Fsp3) is 0.167. The molecular weight excluding hydrogens is 324 g/mol. The summed E-state index contributed by atoms with van der Waals surface area (Å²) in [5, 5.41) is 3.52. The van der Waals surface area contributed by atoms with Crippen molar-refractivity contribution >= 4 is 38.9 Å². The summed E-state index contributed by atoms with van der Waals surface area (Å²) >= 11 is 1.58. The Labute approximate surface area is 143 Å². The summed E-state index contributed by atoms with van der Waals surface area (Å²) in [6.45, 7) is 3.19. The molecule has 0 unspecified atom stereocenters. The molecule has 0 saturated carbocycles. The number of fused-ring (bicyclic) bond motifs is 1. The number of rotatable bonds is 5. The molecule has 24 heavy (non-hydrogen) atoms. The summed E-state index contributed by atoms with van der Waals surface area (Å²) in [7, 11) is 0. The number of para-hydroxylation sites is 1. The topological polar surface area (TPSA) is 68.3 Å². The molecule has 0 fully saturated rings. The van der Waals surface area contributed by atoms with Crippen LogP contribution in [0.25, 0.3) is 10.2 Å². The molecule has 3 aromatic rings. The van der Waals surface area contributed by atoms with Gasteiger partial charge in [0.15, 0.2) is 5.78 Å². The van der Waals surface area contributed by atoms with Crippen LogP contribution in [0.2, 0.25) is 0 Å². The van der Waals surface area contributed by atoms with Crippen LogP contribution >= 0.6 is 11.3 Å². The van der Waals surface area contributed by atoms with Gasteiger partial charge in [0.2, 0.25) is 5.91 Å². The van der Waals surface area contributed by atoms with Gasteiger partial charge in [0, 0.05) is 12.5 Å². The number of benzene rings is 2. The average Bonchev–Trinajstić information content (AvgIpc) is 2.96. The predicted molar refractivity (Wildman–Crippen MR) is 94.7 cm³/mol. The normalized spacial score (nSPS) is 10.6. The maximum atomic E-state index is 11.8. The fourth-order valence-corrected chi connectivity index (χ4v) is 3.21. The number of carbonyl (C=O) groups is 2. The first-order chi connectivity index (χ1) is 11.5. The third kappa shape index (κ3) is 3.60. The first kappa shape index (κ1) is 16.1. The number of anilines is 1. The summed E-state index contributed by atoms with van der Waals surface area (Å²) in [6, 6.07) is 13.0. The van der Waals surface area contributed by atoms with Crippen molar-refractivity contribution in [3.63, 3.8) is 0 Å². The molecule has 1 heterocycles. The number of hydrogen-bond donors (Lipinski definition) is 1. The fourth-order valence-electron chi connectivity index (χ4n) is 2.33. The van der Waals surface area contributed by atoms with E-state index in [9.17, 15) is 9.59 Å². The number of aromatic nitrogens is 1. The Hall–Kier alpha value is -2.73. The quantitative estimate of drug-likeness (QED) is 0.712. The molecule has 0 radical (unpaired) electrons. The number of nitrogens with one attached hydrogen (secondary N) is 1. The molecule has 1 aromatic heterocycles. The van der Waals surface area contributed by atoms with Crippen molar-refractivity contribution in [2.24, 2.45) is 0 Å². The van der Waals surface area contributed by atoms with E-state index in [0.29, 0.717) is 23.6 Å². The molecule has 6 heteroatoms. The monoisotopic (exact) mass is 340 g/mol. The standard InChI is InChI=1S/C18H16N2O3S/c1-11(21)14-9-13(7-8-15(14)19-12(2)22)23-10-18-20-16-5-3-4-6-17(16)24-18/h3-9H,10H2,1-2H3,(H,19,22). The molecule has 1 N–H and O–H groups in total. The van der Waals surface area contributed by atoms with Crippen molar-refractivity contribution < 1.29 is 14.3 Å². The molecule has 0 aliphatic carbocycles. The van der Waals surface area contributed by atoms with Crippen LogP contribution < -0.4 is 10.1 Å². The van der Waals surface area contributed by atoms with Gasteiger partial charge in [0.25, 0.3) is 0 Å². The zero-order valence-electron chi connectivity index (χ0n) is 13.3. The van der Waals surface area contributed by atoms with E-state index in [1.54, 1.807) is 29.5 Å². The summed E-state index contributed by atoms with van der Waals surface area (Å²) < 4.78 is 6.87. The molecule has 2 aromatic carbocycles. The highest BCUT2D eigenvalue weighted by Gasteiger charge is 2.11. The molecule has 0 aliphatic heterocycles. The first-order valence-corrected chi connectivity index (χ1v) is 8.24. The second-order valence-electron chi connectivity index (χ2n) is 5.31. The lowest BCUT2D eigenvalue weighted by Crippen LogP contribution is -2.10. The van der Waals surface area contributed by atoms with Crippen LogP contribution in [-0.2, 0) is 11.4 Å². The minimum Gasteiger partial charge on any atom is -0.486 e. The highest BCUT2D eigenvalue weighted by Crippen LogP contribution is 2.26. The third-order valence-electron chi connectivity index (χ3n) is 3.38. The Bertz CT molecular complexity index is 885. The van der Waals surface area contributed by atoms with Gasteiger partial charge >= 0.3 is 0 Å². The maximum absolute atomic E-state index is 11.8. The third-order valence-corrected chi connectivity index (χ3v) is 4.39. The lowest BCUT2D eigenvalue weighted by atomic mass is 10.1. The second-order valence-corrected chi connectivity index (χ2v) is 6.42. The SMILES string of the molecule is CC(=O)Nc1ccc(OCc2nc3ccccc3s2)cc1C(C)=O. The largest absolute Gasteiger partial charge is 0.486 e. The Morgan fingerprint density at radius 3 is 2.67 bits per heavy atom. The van der Waals surface area contributed by atoms with Crippen molar-refractivity contribution in [3.8, 4) is 5.75 Å². The molecule has 1 amide bonds. The average molecular weight is 340 g/mol. The molecule has 3 rings (SSSR count). The van der Waals surface area contributed by atoms with Crippen LogP contribution in [0.5, 0.6) is 5.75 Å². The lowest BCUT2D eigenvalue weighted by Gasteiger charge is -2.10. The van der Waals surface area contributed by atoms with E-state index in [0.717, 1.165) is 15.2 Å². The number of hydrogen-bond acceptors (Lipinski definition) is 5. The Balaban J connectivity index is 1.78. The van der Waals surface area contributed by atoms with E-state index < -0.39 is 0 Å². The van der Waals surface area contributed by atoms with Gasteiger partial charge in [-0.1, -0.05) is 12.1 Å². The van der Waals surface area contributed by atoms with Crippen molar-refractivity contribution in [1.82, 2.24) is 4.98 Å². The number of thiazole rings is 1. The van der Waals surface area contributed by atoms with Gasteiger partial charge < -0.3 is 10.1 Å². The molecule has 5 nitrogen and oxygen atoms in total. The molecule has 0 spiro atoms. The lowest BCUT2D eigenvalue weighted by molar-refractivity contribution is -0.114. The summed E-state index contributed by atoms with van der Waals surface area (Å²) in [4.78, 5) is 27.5. The zero-order valence-corrected chi connectivity index (χ0v) is 14.1. The number of ether oxygens (including phenoxy) is 1. The highest BCUT2D eigenvalue weighted by atomic mass is 32.1. The van der Waals surface area contributed by atoms with Gasteiger partial charge in [-0.15, -0.1) is 11.3 Å². The summed E-state index contributed by atoms with van der Waals surface area (Å²) in [5.41, 5.74) is 1.86. The minimum atomic E-state index is -0.222. The van der Waals surface area contributed by atoms with E-state index in [2.05, 4.69) is 10.3 Å². The van der Waals surface area contributed by atoms with E-state index in [1.165, 1.54) is 13.8 Å². The van der Waals surface area contributed by atoms with Crippen molar-refractivity contribution in [2.75, 3.05) is 5.32 Å². The maximum Gasteiger partial charge on any atom is 0.221 e. The molecule has 122 valence electrons. The number of carbonyl (C=O) groups excluding carboxylic acids is 2. The van der Waals surface area contributed by atoms with Crippen molar-refractivity contribution in [2.45, 2.75) is 20.5 Å². The minimum absolute atomic E-state index is 0.135. The van der Waals surface area contributed by atoms with Gasteiger partial charge in [0.05, 0.1) is 15.9 Å². The van der Waals surface area contributed by atoms with E-state index in [-0.39, 0.29) is 11.7 Å². The van der Waals surface area contributed by atoms with Gasteiger partial charge in [0.1, 0.15) is 17.4 Å². The molecular formula is C18H16N2O3S. The summed E-state index contributed by atoms with van der Waals surface area (Å²) in [5.74, 6) is 0.207. The Kier molecular flexibility index (Phi) is 4.57. The van der Waals surface area contributed by atoms with Crippen LogP contribution in [0, 0.1) is 0 Å². The first-order valence-electron chi connectivity index (χ1n) is 7.43. The van der Waals surface area contributed by atoms with Crippen LogP contribution in [-0.4, -0.2) is 16.7 Å². The molecule has 0 aliphatic rings. The number of amides is 1. The number of ketones is 1. The molecule has 0 bridgehead atoms. The van der Waals surface area contributed by atoms with E-state index >= 15 is 0 Å². The van der Waals surface area contributed by atoms with Crippen LogP contribution in [0.15, 0.2) is 42.5 Å². The Morgan fingerprint density at radius 1 is 1.17 bits per heavy atom. The van der Waals surface area contributed by atoms with Gasteiger partial charge in [-0.2, -0.15) is 0 Å². The van der Waals surface area contributed by atoms with Crippen LogP contribution in [0.3, 0.4) is 0 Å². The highest BCUT2D eigenvalue weighted by molar-refractivity contribution is 7.18. The van der Waals surface area contributed by atoms with Gasteiger partial charge in [-0.05, 0) is 37.3 Å². The van der Waals surface area contributed by atoms with Gasteiger partial charge in [-0.3, -0.25) is 9.59 Å². The van der Waals surface area contributed by atoms with E-state index in [1.807, 2.05) is 24.3 Å². The molecule has 0 atom stereocenters. The van der Waals surface area contributed by atoms with Crippen LogP contribution in [0.1, 0.15) is 29.2 Å². The second kappa shape index (κ2) is 6.80. The zero-order chi connectivity index (χ0) is 17.1.